The third-order valence-corrected chi connectivity index (χ3v) is 2.14. The largest absolute Gasteiger partial charge is 0.481 e. The van der Waals surface area contributed by atoms with Gasteiger partial charge in [-0.15, -0.1) is 0 Å². The lowest BCUT2D eigenvalue weighted by Gasteiger charge is -2.31. The van der Waals surface area contributed by atoms with E-state index in [4.69, 9.17) is 21.1 Å². The summed E-state index contributed by atoms with van der Waals surface area (Å²) in [5, 5.41) is 0.163. The first-order chi connectivity index (χ1) is 6.64. The molecule has 1 aliphatic rings. The van der Waals surface area contributed by atoms with Crippen LogP contribution in [0.1, 0.15) is 5.82 Å². The van der Waals surface area contributed by atoms with Gasteiger partial charge in [-0.05, 0) is 0 Å². The number of methoxy groups -OCH3 is 1. The highest BCUT2D eigenvalue weighted by Crippen LogP contribution is 2.32. The molecule has 2 heterocycles. The van der Waals surface area contributed by atoms with Crippen molar-refractivity contribution < 1.29 is 13.9 Å². The monoisotopic (exact) mass is 218 g/mol. The minimum atomic E-state index is -1.61. The Morgan fingerprint density at radius 3 is 2.79 bits per heavy atom. The topological polar surface area (TPSA) is 44.2 Å². The Labute approximate surface area is 85.0 Å². The summed E-state index contributed by atoms with van der Waals surface area (Å²) in [6.07, 6.45) is 0. The lowest BCUT2D eigenvalue weighted by atomic mass is 10.0. The molecule has 4 nitrogen and oxygen atoms in total. The highest BCUT2D eigenvalue weighted by Gasteiger charge is 2.44. The van der Waals surface area contributed by atoms with E-state index in [2.05, 4.69) is 9.97 Å². The van der Waals surface area contributed by atoms with Crippen molar-refractivity contribution in [3.8, 4) is 5.88 Å². The average Bonchev–Trinajstić information content (AvgIpc) is 2.13. The van der Waals surface area contributed by atoms with Crippen LogP contribution in [0.2, 0.25) is 5.15 Å². The molecule has 0 atom stereocenters. The number of ether oxygens (including phenoxy) is 2. The van der Waals surface area contributed by atoms with E-state index in [1.807, 2.05) is 0 Å². The van der Waals surface area contributed by atoms with Gasteiger partial charge in [-0.25, -0.2) is 9.37 Å². The van der Waals surface area contributed by atoms with Gasteiger partial charge in [0.1, 0.15) is 5.15 Å². The van der Waals surface area contributed by atoms with Crippen LogP contribution in [0, 0.1) is 0 Å². The minimum Gasteiger partial charge on any atom is -0.481 e. The second-order valence-electron chi connectivity index (χ2n) is 3.01. The second kappa shape index (κ2) is 3.33. The van der Waals surface area contributed by atoms with Gasteiger partial charge in [0.15, 0.2) is 5.82 Å². The summed E-state index contributed by atoms with van der Waals surface area (Å²) in [6.45, 7) is -0.0625. The van der Waals surface area contributed by atoms with E-state index in [0.29, 0.717) is 0 Å². The number of aromatic nitrogens is 2. The molecule has 6 heteroatoms. The van der Waals surface area contributed by atoms with Crippen LogP contribution in [0.4, 0.5) is 4.39 Å². The molecule has 76 valence electrons. The van der Waals surface area contributed by atoms with Crippen molar-refractivity contribution in [2.75, 3.05) is 20.3 Å². The fraction of sp³-hybridized carbons (Fsp3) is 0.500. The maximum Gasteiger partial charge on any atom is 0.217 e. The Morgan fingerprint density at radius 1 is 1.57 bits per heavy atom. The van der Waals surface area contributed by atoms with Gasteiger partial charge in [-0.2, -0.15) is 4.98 Å². The second-order valence-corrected chi connectivity index (χ2v) is 3.40. The van der Waals surface area contributed by atoms with Gasteiger partial charge >= 0.3 is 0 Å². The molecule has 1 aromatic heterocycles. The molecule has 1 aliphatic heterocycles. The molecular formula is C8H8ClFN2O2. The molecule has 0 aliphatic carbocycles. The fourth-order valence-corrected chi connectivity index (χ4v) is 1.29. The van der Waals surface area contributed by atoms with Gasteiger partial charge in [0.05, 0.1) is 20.3 Å². The number of rotatable bonds is 2. The highest BCUT2D eigenvalue weighted by atomic mass is 35.5. The first-order valence-corrected chi connectivity index (χ1v) is 4.37. The fourth-order valence-electron chi connectivity index (χ4n) is 1.11. The first-order valence-electron chi connectivity index (χ1n) is 4.00. The van der Waals surface area contributed by atoms with Crippen molar-refractivity contribution in [2.45, 2.75) is 5.67 Å². The zero-order valence-electron chi connectivity index (χ0n) is 7.46. The van der Waals surface area contributed by atoms with Gasteiger partial charge in [-0.3, -0.25) is 0 Å². The summed E-state index contributed by atoms with van der Waals surface area (Å²) in [7, 11) is 1.44. The Balaban J connectivity index is 2.37. The van der Waals surface area contributed by atoms with Crippen LogP contribution in [0.5, 0.6) is 5.88 Å². The Hall–Kier alpha value is -0.940. The maximum absolute atomic E-state index is 13.8. The Bertz CT molecular complexity index is 357. The molecule has 14 heavy (non-hydrogen) atoms. The molecule has 0 radical (unpaired) electrons. The molecule has 0 aromatic carbocycles. The molecule has 0 bridgehead atoms. The normalized spacial score (nSPS) is 18.8. The van der Waals surface area contributed by atoms with E-state index in [1.165, 1.54) is 13.2 Å². The van der Waals surface area contributed by atoms with Crippen LogP contribution in [-0.2, 0) is 10.4 Å². The zero-order chi connectivity index (χ0) is 10.2. The number of hydrogen-bond acceptors (Lipinski definition) is 4. The molecule has 0 N–H and O–H groups in total. The van der Waals surface area contributed by atoms with Crippen molar-refractivity contribution in [1.29, 1.82) is 0 Å². The van der Waals surface area contributed by atoms with E-state index in [1.54, 1.807) is 0 Å². The van der Waals surface area contributed by atoms with Gasteiger partial charge in [-0.1, -0.05) is 11.6 Å². The van der Waals surface area contributed by atoms with E-state index in [9.17, 15) is 4.39 Å². The van der Waals surface area contributed by atoms with Crippen molar-refractivity contribution in [2.24, 2.45) is 0 Å². The van der Waals surface area contributed by atoms with Crippen LogP contribution in [0.25, 0.3) is 0 Å². The minimum absolute atomic E-state index is 0.0214. The van der Waals surface area contributed by atoms with Crippen LogP contribution >= 0.6 is 11.6 Å². The number of alkyl halides is 1. The van der Waals surface area contributed by atoms with Crippen LogP contribution in [0.3, 0.4) is 0 Å². The molecule has 0 spiro atoms. The Morgan fingerprint density at radius 2 is 2.29 bits per heavy atom. The van der Waals surface area contributed by atoms with Gasteiger partial charge in [0.25, 0.3) is 0 Å². The number of nitrogens with zero attached hydrogens (tertiary/aromatic N) is 2. The Kier molecular flexibility index (Phi) is 2.28. The standard InChI is InChI=1S/C8H8ClFN2O2/c1-13-6-2-5(9)11-7(12-6)8(10)3-14-4-8/h2H,3-4H2,1H3. The lowest BCUT2D eigenvalue weighted by Crippen LogP contribution is -2.44. The first kappa shape index (κ1) is 9.61. The number of halogens is 2. The van der Waals surface area contributed by atoms with E-state index >= 15 is 0 Å². The SMILES string of the molecule is COc1cc(Cl)nc(C2(F)COC2)n1. The predicted molar refractivity (Wildman–Crippen MR) is 47.2 cm³/mol. The molecule has 0 amide bonds. The van der Waals surface area contributed by atoms with Crippen LogP contribution in [-0.4, -0.2) is 30.3 Å². The molecule has 0 unspecified atom stereocenters. The summed E-state index contributed by atoms with van der Waals surface area (Å²) in [5.41, 5.74) is -1.61. The van der Waals surface area contributed by atoms with Crippen molar-refractivity contribution in [1.82, 2.24) is 9.97 Å². The summed E-state index contributed by atoms with van der Waals surface area (Å²) in [5.74, 6) is 0.275. The smallest absolute Gasteiger partial charge is 0.217 e. The third kappa shape index (κ3) is 1.53. The molecule has 1 fully saturated rings. The molecule has 1 aromatic rings. The highest BCUT2D eigenvalue weighted by molar-refractivity contribution is 6.29. The summed E-state index contributed by atoms with van der Waals surface area (Å²) < 4.78 is 23.4. The van der Waals surface area contributed by atoms with Crippen molar-refractivity contribution in [3.05, 3.63) is 17.0 Å². The lowest BCUT2D eigenvalue weighted by molar-refractivity contribution is -0.140. The zero-order valence-corrected chi connectivity index (χ0v) is 8.21. The van der Waals surface area contributed by atoms with Crippen molar-refractivity contribution in [3.63, 3.8) is 0 Å². The molecule has 0 saturated carbocycles. The van der Waals surface area contributed by atoms with E-state index < -0.39 is 5.67 Å². The number of hydrogen-bond donors (Lipinski definition) is 0. The van der Waals surface area contributed by atoms with Crippen LogP contribution in [0.15, 0.2) is 6.07 Å². The predicted octanol–water partition coefficient (Wildman–Crippen LogP) is 1.33. The van der Waals surface area contributed by atoms with Crippen LogP contribution < -0.4 is 4.74 Å². The molecule has 1 saturated heterocycles. The third-order valence-electron chi connectivity index (χ3n) is 1.94. The van der Waals surface area contributed by atoms with E-state index in [-0.39, 0.29) is 30.1 Å². The molecular weight excluding hydrogens is 211 g/mol. The van der Waals surface area contributed by atoms with Gasteiger partial charge in [0, 0.05) is 6.07 Å². The quantitative estimate of drug-likeness (QED) is 0.703. The molecule has 2 rings (SSSR count). The van der Waals surface area contributed by atoms with E-state index in [0.717, 1.165) is 0 Å². The van der Waals surface area contributed by atoms with Gasteiger partial charge < -0.3 is 9.47 Å². The summed E-state index contributed by atoms with van der Waals surface area (Å²) in [4.78, 5) is 7.67. The summed E-state index contributed by atoms with van der Waals surface area (Å²) >= 11 is 5.68. The van der Waals surface area contributed by atoms with Gasteiger partial charge in [0.2, 0.25) is 11.5 Å². The summed E-state index contributed by atoms with van der Waals surface area (Å²) in [6, 6.07) is 1.42. The average molecular weight is 219 g/mol. The maximum atomic E-state index is 13.8. The van der Waals surface area contributed by atoms with Crippen molar-refractivity contribution >= 4 is 11.6 Å².